The Morgan fingerprint density at radius 3 is 2.03 bits per heavy atom. The Labute approximate surface area is 189 Å². The zero-order valence-corrected chi connectivity index (χ0v) is 18.6. The number of piperazine rings is 1. The molecule has 160 valence electrons. The zero-order valence-electron chi connectivity index (χ0n) is 17.8. The van der Waals surface area contributed by atoms with Gasteiger partial charge in [-0.2, -0.15) is 0 Å². The summed E-state index contributed by atoms with van der Waals surface area (Å²) >= 11 is 6.17. The van der Waals surface area contributed by atoms with E-state index in [0.29, 0.717) is 11.6 Å². The van der Waals surface area contributed by atoms with E-state index in [1.807, 2.05) is 19.1 Å². The lowest BCUT2D eigenvalue weighted by atomic mass is 9.96. The van der Waals surface area contributed by atoms with E-state index >= 15 is 0 Å². The molecule has 5 heteroatoms. The first kappa shape index (κ1) is 21.6. The summed E-state index contributed by atoms with van der Waals surface area (Å²) in [6.07, 6.45) is 0. The molecule has 0 aliphatic carbocycles. The molecule has 1 N–H and O–H groups in total. The number of amides is 1. The molecule has 4 rings (SSSR count). The average molecular weight is 434 g/mol. The van der Waals surface area contributed by atoms with E-state index in [-0.39, 0.29) is 11.9 Å². The standard InChI is InChI=1S/C26H28ClN3O/c1-20-12-13-23(18-24(20)27)28-25(31)19-29-14-16-30(17-15-29)26(21-8-4-2-5-9-21)22-10-6-3-7-11-22/h2-13,18,26H,14-17,19H2,1H3,(H,28,31). The number of carbonyl (C=O) groups excluding carboxylic acids is 1. The van der Waals surface area contributed by atoms with Gasteiger partial charge < -0.3 is 5.32 Å². The fraction of sp³-hybridized carbons (Fsp3) is 0.269. The third kappa shape index (κ3) is 5.53. The highest BCUT2D eigenvalue weighted by Crippen LogP contribution is 2.29. The molecular formula is C26H28ClN3O. The van der Waals surface area contributed by atoms with Crippen LogP contribution < -0.4 is 5.32 Å². The van der Waals surface area contributed by atoms with E-state index in [1.54, 1.807) is 6.07 Å². The molecule has 1 heterocycles. The van der Waals surface area contributed by atoms with Crippen molar-refractivity contribution in [2.45, 2.75) is 13.0 Å². The second kappa shape index (κ2) is 10.1. The highest BCUT2D eigenvalue weighted by molar-refractivity contribution is 6.31. The minimum atomic E-state index is -0.00367. The Kier molecular flexibility index (Phi) is 7.03. The lowest BCUT2D eigenvalue weighted by Crippen LogP contribution is -2.49. The van der Waals surface area contributed by atoms with Crippen molar-refractivity contribution in [3.05, 3.63) is 101 Å². The van der Waals surface area contributed by atoms with Crippen LogP contribution in [0.25, 0.3) is 0 Å². The quantitative estimate of drug-likeness (QED) is 0.594. The molecule has 4 nitrogen and oxygen atoms in total. The summed E-state index contributed by atoms with van der Waals surface area (Å²) in [5.41, 5.74) is 4.35. The highest BCUT2D eigenvalue weighted by atomic mass is 35.5. The number of hydrogen-bond acceptors (Lipinski definition) is 3. The van der Waals surface area contributed by atoms with Gasteiger partial charge in [-0.3, -0.25) is 14.6 Å². The Hall–Kier alpha value is -2.66. The van der Waals surface area contributed by atoms with E-state index in [1.165, 1.54) is 11.1 Å². The third-order valence-electron chi connectivity index (χ3n) is 5.83. The topological polar surface area (TPSA) is 35.6 Å². The largest absolute Gasteiger partial charge is 0.325 e. The molecule has 0 aromatic heterocycles. The summed E-state index contributed by atoms with van der Waals surface area (Å²) in [7, 11) is 0. The molecule has 0 bridgehead atoms. The Bertz CT molecular complexity index is 962. The number of rotatable bonds is 6. The van der Waals surface area contributed by atoms with Crippen LogP contribution in [0.5, 0.6) is 0 Å². The molecule has 1 fully saturated rings. The average Bonchev–Trinajstić information content (AvgIpc) is 2.79. The van der Waals surface area contributed by atoms with Crippen LogP contribution in [-0.2, 0) is 4.79 Å². The minimum Gasteiger partial charge on any atom is -0.325 e. The minimum absolute atomic E-state index is 0.00367. The van der Waals surface area contributed by atoms with Crippen molar-refractivity contribution in [1.82, 2.24) is 9.80 Å². The maximum Gasteiger partial charge on any atom is 0.238 e. The van der Waals surface area contributed by atoms with Crippen LogP contribution in [0.1, 0.15) is 22.7 Å². The number of carbonyl (C=O) groups is 1. The molecule has 0 atom stereocenters. The van der Waals surface area contributed by atoms with Crippen LogP contribution in [0.15, 0.2) is 78.9 Å². The van der Waals surface area contributed by atoms with Gasteiger partial charge in [0.1, 0.15) is 0 Å². The SMILES string of the molecule is Cc1ccc(NC(=O)CN2CCN(C(c3ccccc3)c3ccccc3)CC2)cc1Cl. The van der Waals surface area contributed by atoms with Crippen molar-refractivity contribution in [3.63, 3.8) is 0 Å². The van der Waals surface area contributed by atoms with Crippen LogP contribution in [-0.4, -0.2) is 48.4 Å². The molecule has 1 aliphatic heterocycles. The molecule has 0 unspecified atom stereocenters. The summed E-state index contributed by atoms with van der Waals surface area (Å²) in [6, 6.07) is 27.2. The molecule has 3 aromatic carbocycles. The van der Waals surface area contributed by atoms with Gasteiger partial charge in [0.25, 0.3) is 0 Å². The number of hydrogen-bond donors (Lipinski definition) is 1. The van der Waals surface area contributed by atoms with E-state index in [2.05, 4.69) is 75.8 Å². The summed E-state index contributed by atoms with van der Waals surface area (Å²) < 4.78 is 0. The van der Waals surface area contributed by atoms with Gasteiger partial charge in [-0.05, 0) is 35.7 Å². The number of halogens is 1. The van der Waals surface area contributed by atoms with Gasteiger partial charge in [0.2, 0.25) is 5.91 Å². The Balaban J connectivity index is 1.37. The summed E-state index contributed by atoms with van der Waals surface area (Å²) in [6.45, 7) is 5.89. The van der Waals surface area contributed by atoms with Gasteiger partial charge >= 0.3 is 0 Å². The van der Waals surface area contributed by atoms with Gasteiger partial charge in [-0.15, -0.1) is 0 Å². The maximum absolute atomic E-state index is 12.5. The zero-order chi connectivity index (χ0) is 21.6. The van der Waals surface area contributed by atoms with E-state index in [0.717, 1.165) is 37.4 Å². The van der Waals surface area contributed by atoms with Crippen molar-refractivity contribution in [3.8, 4) is 0 Å². The van der Waals surface area contributed by atoms with Gasteiger partial charge in [0.15, 0.2) is 0 Å². The number of aryl methyl sites for hydroxylation is 1. The number of nitrogens with one attached hydrogen (secondary N) is 1. The highest BCUT2D eigenvalue weighted by Gasteiger charge is 2.27. The van der Waals surface area contributed by atoms with E-state index in [4.69, 9.17) is 11.6 Å². The molecule has 0 spiro atoms. The van der Waals surface area contributed by atoms with Crippen molar-refractivity contribution in [2.24, 2.45) is 0 Å². The fourth-order valence-electron chi connectivity index (χ4n) is 4.14. The number of anilines is 1. The third-order valence-corrected chi connectivity index (χ3v) is 6.23. The van der Waals surface area contributed by atoms with Crippen molar-refractivity contribution >= 4 is 23.2 Å². The van der Waals surface area contributed by atoms with Crippen molar-refractivity contribution < 1.29 is 4.79 Å². The maximum atomic E-state index is 12.5. The first-order valence-corrected chi connectivity index (χ1v) is 11.1. The smallest absolute Gasteiger partial charge is 0.238 e. The number of benzene rings is 3. The van der Waals surface area contributed by atoms with Crippen molar-refractivity contribution in [1.29, 1.82) is 0 Å². The van der Waals surface area contributed by atoms with Gasteiger partial charge in [0, 0.05) is 36.9 Å². The molecule has 31 heavy (non-hydrogen) atoms. The predicted molar refractivity (Wildman–Crippen MR) is 128 cm³/mol. The first-order chi connectivity index (χ1) is 15.1. The molecule has 1 amide bonds. The Morgan fingerprint density at radius 1 is 0.903 bits per heavy atom. The van der Waals surface area contributed by atoms with Gasteiger partial charge in [0.05, 0.1) is 12.6 Å². The molecule has 3 aromatic rings. The van der Waals surface area contributed by atoms with Crippen LogP contribution in [0.2, 0.25) is 5.02 Å². The Morgan fingerprint density at radius 2 is 1.48 bits per heavy atom. The van der Waals surface area contributed by atoms with Crippen LogP contribution >= 0.6 is 11.6 Å². The monoisotopic (exact) mass is 433 g/mol. The van der Waals surface area contributed by atoms with E-state index < -0.39 is 0 Å². The first-order valence-electron chi connectivity index (χ1n) is 10.7. The van der Waals surface area contributed by atoms with Gasteiger partial charge in [-0.1, -0.05) is 78.3 Å². The second-order valence-corrected chi connectivity index (χ2v) is 8.46. The lowest BCUT2D eigenvalue weighted by molar-refractivity contribution is -0.117. The van der Waals surface area contributed by atoms with E-state index in [9.17, 15) is 4.79 Å². The van der Waals surface area contributed by atoms with Crippen LogP contribution in [0, 0.1) is 6.92 Å². The molecule has 1 aliphatic rings. The molecule has 0 radical (unpaired) electrons. The summed E-state index contributed by atoms with van der Waals surface area (Å²) in [5, 5.41) is 3.63. The summed E-state index contributed by atoms with van der Waals surface area (Å²) in [5.74, 6) is -0.00367. The lowest BCUT2D eigenvalue weighted by Gasteiger charge is -2.39. The van der Waals surface area contributed by atoms with Crippen molar-refractivity contribution in [2.75, 3.05) is 38.0 Å². The molecule has 0 saturated carbocycles. The summed E-state index contributed by atoms with van der Waals surface area (Å²) in [4.78, 5) is 17.3. The predicted octanol–water partition coefficient (Wildman–Crippen LogP) is 4.99. The normalized spacial score (nSPS) is 15.2. The number of nitrogens with zero attached hydrogens (tertiary/aromatic N) is 2. The van der Waals surface area contributed by atoms with Crippen LogP contribution in [0.3, 0.4) is 0 Å². The van der Waals surface area contributed by atoms with Gasteiger partial charge in [-0.25, -0.2) is 0 Å². The molecule has 1 saturated heterocycles. The van der Waals surface area contributed by atoms with Crippen LogP contribution in [0.4, 0.5) is 5.69 Å². The molecular weight excluding hydrogens is 406 g/mol. The second-order valence-electron chi connectivity index (χ2n) is 8.05. The fourth-order valence-corrected chi connectivity index (χ4v) is 4.32.